The van der Waals surface area contributed by atoms with Gasteiger partial charge in [0.15, 0.2) is 0 Å². The summed E-state index contributed by atoms with van der Waals surface area (Å²) in [5.74, 6) is 0. The summed E-state index contributed by atoms with van der Waals surface area (Å²) in [6, 6.07) is 0. The minimum atomic E-state index is 0.218. The second kappa shape index (κ2) is 4.01. The third kappa shape index (κ3) is 3.83. The van der Waals surface area contributed by atoms with E-state index in [1.54, 1.807) is 11.3 Å². The van der Waals surface area contributed by atoms with Crippen LogP contribution in [0.2, 0.25) is 0 Å². The third-order valence-corrected chi connectivity index (χ3v) is 2.16. The Morgan fingerprint density at radius 2 is 2.25 bits per heavy atom. The smallest absolute Gasteiger partial charge is 0.0794 e. The standard InChI is InChI=1S/C9H16N2S/c1-9(2,3)11-5-4-8-6-12-7-10-8/h6-7,11H,4-5H2,1-3H3. The van der Waals surface area contributed by atoms with Gasteiger partial charge in [0.1, 0.15) is 0 Å². The van der Waals surface area contributed by atoms with E-state index < -0.39 is 0 Å². The number of thiazole rings is 1. The molecule has 0 saturated heterocycles. The van der Waals surface area contributed by atoms with E-state index in [1.165, 1.54) is 5.69 Å². The van der Waals surface area contributed by atoms with Crippen LogP contribution < -0.4 is 5.32 Å². The zero-order chi connectivity index (χ0) is 9.03. The molecule has 0 bridgehead atoms. The number of aromatic nitrogens is 1. The van der Waals surface area contributed by atoms with Crippen molar-refractivity contribution in [1.82, 2.24) is 10.3 Å². The summed E-state index contributed by atoms with van der Waals surface area (Å²) in [5.41, 5.74) is 3.29. The van der Waals surface area contributed by atoms with Crippen molar-refractivity contribution in [2.45, 2.75) is 32.7 Å². The lowest BCUT2D eigenvalue weighted by atomic mass is 10.1. The molecule has 0 amide bonds. The van der Waals surface area contributed by atoms with E-state index in [0.29, 0.717) is 0 Å². The maximum absolute atomic E-state index is 4.21. The van der Waals surface area contributed by atoms with Crippen LogP contribution in [0.25, 0.3) is 0 Å². The van der Waals surface area contributed by atoms with Crippen molar-refractivity contribution in [1.29, 1.82) is 0 Å². The van der Waals surface area contributed by atoms with Crippen LogP contribution in [0.1, 0.15) is 26.5 Å². The molecule has 0 unspecified atom stereocenters. The van der Waals surface area contributed by atoms with Gasteiger partial charge < -0.3 is 5.32 Å². The monoisotopic (exact) mass is 184 g/mol. The fourth-order valence-corrected chi connectivity index (χ4v) is 1.52. The van der Waals surface area contributed by atoms with Crippen molar-refractivity contribution in [2.24, 2.45) is 0 Å². The molecular formula is C9H16N2S. The highest BCUT2D eigenvalue weighted by Gasteiger charge is 2.07. The van der Waals surface area contributed by atoms with Crippen molar-refractivity contribution in [2.75, 3.05) is 6.54 Å². The van der Waals surface area contributed by atoms with E-state index in [9.17, 15) is 0 Å². The van der Waals surface area contributed by atoms with Crippen LogP contribution in [-0.2, 0) is 6.42 Å². The number of hydrogen-bond acceptors (Lipinski definition) is 3. The van der Waals surface area contributed by atoms with Crippen LogP contribution >= 0.6 is 11.3 Å². The lowest BCUT2D eigenvalue weighted by Gasteiger charge is -2.19. The molecule has 0 aliphatic heterocycles. The largest absolute Gasteiger partial charge is 0.312 e. The van der Waals surface area contributed by atoms with Crippen molar-refractivity contribution in [3.63, 3.8) is 0 Å². The van der Waals surface area contributed by atoms with Gasteiger partial charge in [-0.25, -0.2) is 4.98 Å². The van der Waals surface area contributed by atoms with Gasteiger partial charge in [-0.1, -0.05) is 0 Å². The van der Waals surface area contributed by atoms with E-state index in [4.69, 9.17) is 0 Å². The second-order valence-electron chi connectivity index (χ2n) is 3.91. The zero-order valence-corrected chi connectivity index (χ0v) is 8.74. The fraction of sp³-hybridized carbons (Fsp3) is 0.667. The molecule has 0 saturated carbocycles. The average Bonchev–Trinajstić information content (AvgIpc) is 2.36. The quantitative estimate of drug-likeness (QED) is 0.778. The molecule has 0 aliphatic rings. The van der Waals surface area contributed by atoms with Crippen LogP contribution in [0.4, 0.5) is 0 Å². The molecule has 0 radical (unpaired) electrons. The van der Waals surface area contributed by atoms with Crippen LogP contribution in [-0.4, -0.2) is 17.1 Å². The Morgan fingerprint density at radius 3 is 2.75 bits per heavy atom. The number of rotatable bonds is 3. The average molecular weight is 184 g/mol. The molecule has 3 heteroatoms. The first-order valence-electron chi connectivity index (χ1n) is 4.20. The number of nitrogens with zero attached hydrogens (tertiary/aromatic N) is 1. The minimum Gasteiger partial charge on any atom is -0.312 e. The summed E-state index contributed by atoms with van der Waals surface area (Å²) < 4.78 is 0. The molecule has 1 aromatic heterocycles. The minimum absolute atomic E-state index is 0.218. The van der Waals surface area contributed by atoms with Crippen molar-refractivity contribution in [3.8, 4) is 0 Å². The van der Waals surface area contributed by atoms with E-state index >= 15 is 0 Å². The molecule has 1 rings (SSSR count). The van der Waals surface area contributed by atoms with Crippen LogP contribution in [0.5, 0.6) is 0 Å². The summed E-state index contributed by atoms with van der Waals surface area (Å²) in [6.07, 6.45) is 1.03. The van der Waals surface area contributed by atoms with E-state index in [2.05, 4.69) is 36.5 Å². The lowest BCUT2D eigenvalue weighted by molar-refractivity contribution is 0.429. The first kappa shape index (κ1) is 9.68. The Morgan fingerprint density at radius 1 is 1.50 bits per heavy atom. The normalized spacial score (nSPS) is 11.9. The first-order valence-corrected chi connectivity index (χ1v) is 5.14. The summed E-state index contributed by atoms with van der Waals surface area (Å²) in [7, 11) is 0. The van der Waals surface area contributed by atoms with Gasteiger partial charge in [-0.2, -0.15) is 0 Å². The maximum atomic E-state index is 4.21. The predicted octanol–water partition coefficient (Wildman–Crippen LogP) is 2.07. The number of hydrogen-bond donors (Lipinski definition) is 1. The predicted molar refractivity (Wildman–Crippen MR) is 53.6 cm³/mol. The number of nitrogens with one attached hydrogen (secondary N) is 1. The Bertz CT molecular complexity index is 211. The SMILES string of the molecule is CC(C)(C)NCCc1cscn1. The van der Waals surface area contributed by atoms with Crippen LogP contribution in [0.3, 0.4) is 0 Å². The first-order chi connectivity index (χ1) is 5.58. The molecule has 2 nitrogen and oxygen atoms in total. The summed E-state index contributed by atoms with van der Waals surface area (Å²) in [5, 5.41) is 5.53. The molecule has 0 aromatic carbocycles. The molecule has 1 N–H and O–H groups in total. The van der Waals surface area contributed by atoms with E-state index in [-0.39, 0.29) is 5.54 Å². The zero-order valence-electron chi connectivity index (χ0n) is 7.92. The lowest BCUT2D eigenvalue weighted by Crippen LogP contribution is -2.37. The van der Waals surface area contributed by atoms with Gasteiger partial charge >= 0.3 is 0 Å². The van der Waals surface area contributed by atoms with E-state index in [0.717, 1.165) is 13.0 Å². The van der Waals surface area contributed by atoms with Crippen molar-refractivity contribution in [3.05, 3.63) is 16.6 Å². The summed E-state index contributed by atoms with van der Waals surface area (Å²) >= 11 is 1.66. The van der Waals surface area contributed by atoms with Gasteiger partial charge in [0.2, 0.25) is 0 Å². The molecule has 12 heavy (non-hydrogen) atoms. The Balaban J connectivity index is 2.20. The van der Waals surface area contributed by atoms with Crippen molar-refractivity contribution >= 4 is 11.3 Å². The molecule has 68 valence electrons. The fourth-order valence-electron chi connectivity index (χ4n) is 0.927. The highest BCUT2D eigenvalue weighted by atomic mass is 32.1. The molecule has 0 spiro atoms. The molecular weight excluding hydrogens is 168 g/mol. The summed E-state index contributed by atoms with van der Waals surface area (Å²) in [6.45, 7) is 7.53. The molecule has 1 aromatic rings. The van der Waals surface area contributed by atoms with Gasteiger partial charge in [0.05, 0.1) is 11.2 Å². The molecule has 0 atom stereocenters. The molecule has 0 aliphatic carbocycles. The van der Waals surface area contributed by atoms with Crippen molar-refractivity contribution < 1.29 is 0 Å². The second-order valence-corrected chi connectivity index (χ2v) is 4.63. The van der Waals surface area contributed by atoms with Gasteiger partial charge in [-0.15, -0.1) is 11.3 Å². The van der Waals surface area contributed by atoms with Gasteiger partial charge in [0, 0.05) is 23.9 Å². The Kier molecular flexibility index (Phi) is 3.23. The molecule has 1 heterocycles. The Labute approximate surface area is 78.0 Å². The van der Waals surface area contributed by atoms with Gasteiger partial charge in [-0.05, 0) is 20.8 Å². The maximum Gasteiger partial charge on any atom is 0.0794 e. The van der Waals surface area contributed by atoms with Crippen LogP contribution in [0.15, 0.2) is 10.9 Å². The van der Waals surface area contributed by atoms with Gasteiger partial charge in [-0.3, -0.25) is 0 Å². The van der Waals surface area contributed by atoms with Gasteiger partial charge in [0.25, 0.3) is 0 Å². The molecule has 0 fully saturated rings. The Hall–Kier alpha value is -0.410. The highest BCUT2D eigenvalue weighted by molar-refractivity contribution is 7.07. The van der Waals surface area contributed by atoms with Crippen LogP contribution in [0, 0.1) is 0 Å². The summed E-state index contributed by atoms with van der Waals surface area (Å²) in [4.78, 5) is 4.21. The highest BCUT2D eigenvalue weighted by Crippen LogP contribution is 2.02. The topological polar surface area (TPSA) is 24.9 Å². The van der Waals surface area contributed by atoms with E-state index in [1.807, 2.05) is 5.51 Å². The third-order valence-electron chi connectivity index (χ3n) is 1.52.